The molecule has 17 rings (SSSR count). The van der Waals surface area contributed by atoms with Gasteiger partial charge in [0.2, 0.25) is 0 Å². The smallest absolute Gasteiger partial charge is 0.136 e. The molecule has 2 heteroatoms. The zero-order valence-electron chi connectivity index (χ0n) is 30.1. The number of benzene rings is 6. The van der Waals surface area contributed by atoms with Gasteiger partial charge in [0.25, 0.3) is 0 Å². The van der Waals surface area contributed by atoms with E-state index in [0.717, 1.165) is 58.5 Å². The number of fused-ring (bicyclic) bond motifs is 16. The summed E-state index contributed by atoms with van der Waals surface area (Å²) in [4.78, 5) is 0. The average Bonchev–Trinajstić information content (AvgIpc) is 3.97. The number of nitrogens with zero attached hydrogens (tertiary/aromatic N) is 1. The summed E-state index contributed by atoms with van der Waals surface area (Å²) in [6, 6.07) is 32.0. The standard InChI is InChI=1S/C51H41NO/c1-2-4-46-35(3-1)48-47(53-46)22-41-40-16-27-12-36-26-6-5-24(8-26)7-25-9-31(10-25)37(36)14-29(27)18-44(40)52-45-19-30-15-39-38(13-28(30)17-42(45)49(48)50(41)52)32-11-33-20-34-21-43(39)51(33,34)23-32/h1-4,12-19,22,24-26,31-34,43H,5-11,20-21,23H2. The lowest BCUT2D eigenvalue weighted by molar-refractivity contribution is -0.146. The van der Waals surface area contributed by atoms with E-state index < -0.39 is 0 Å². The molecule has 0 radical (unpaired) electrons. The van der Waals surface area contributed by atoms with Gasteiger partial charge in [-0.2, -0.15) is 0 Å². The van der Waals surface area contributed by atoms with E-state index in [0.29, 0.717) is 5.41 Å². The van der Waals surface area contributed by atoms with Crippen LogP contribution >= 0.6 is 0 Å². The molecule has 6 aromatic carbocycles. The zero-order chi connectivity index (χ0) is 33.6. The zero-order valence-corrected chi connectivity index (χ0v) is 30.1. The Kier molecular flexibility index (Phi) is 4.37. The van der Waals surface area contributed by atoms with Crippen LogP contribution in [0.5, 0.6) is 0 Å². The Hall–Kier alpha value is -4.56. The second kappa shape index (κ2) is 8.54. The van der Waals surface area contributed by atoms with Crippen LogP contribution in [-0.4, -0.2) is 4.40 Å². The molecule has 0 saturated heterocycles. The van der Waals surface area contributed by atoms with Crippen LogP contribution in [0, 0.1) is 29.1 Å². The van der Waals surface area contributed by atoms with Crippen molar-refractivity contribution in [2.45, 2.75) is 87.9 Å². The summed E-state index contributed by atoms with van der Waals surface area (Å²) in [5, 5.41) is 13.7. The van der Waals surface area contributed by atoms with Crippen LogP contribution in [0.2, 0.25) is 0 Å². The first-order valence-electron chi connectivity index (χ1n) is 21.2. The highest BCUT2D eigenvalue weighted by Crippen LogP contribution is 2.82. The van der Waals surface area contributed by atoms with Gasteiger partial charge < -0.3 is 8.82 Å². The summed E-state index contributed by atoms with van der Waals surface area (Å²) in [6.07, 6.45) is 14.4. The lowest BCUT2D eigenvalue weighted by Crippen LogP contribution is -2.59. The fourth-order valence-electron chi connectivity index (χ4n) is 15.5. The molecular formula is C51H41NO. The number of hydrogen-bond donors (Lipinski definition) is 0. The highest BCUT2D eigenvalue weighted by molar-refractivity contribution is 6.36. The molecule has 9 aromatic rings. The summed E-state index contributed by atoms with van der Waals surface area (Å²) >= 11 is 0. The first-order chi connectivity index (χ1) is 26.1. The van der Waals surface area contributed by atoms with Crippen molar-refractivity contribution in [2.24, 2.45) is 29.1 Å². The molecule has 3 aromatic heterocycles. The monoisotopic (exact) mass is 683 g/mol. The van der Waals surface area contributed by atoms with Crippen LogP contribution in [-0.2, 0) is 0 Å². The second-order valence-electron chi connectivity index (χ2n) is 19.7. The third kappa shape index (κ3) is 2.94. The Balaban J connectivity index is 1.03. The van der Waals surface area contributed by atoms with Gasteiger partial charge in [-0.05, 0) is 197 Å². The first-order valence-corrected chi connectivity index (χ1v) is 21.2. The fourth-order valence-corrected chi connectivity index (χ4v) is 15.5. The Morgan fingerprint density at radius 3 is 2.09 bits per heavy atom. The SMILES string of the molecule is c1ccc2c(c1)oc1cc3c4cc5cc6c(cc5cc4n4c5cc7cc8c(cc7cc5c(c12)c34)C1CC2CC3CC8C23C1)C1CC(CC2CCC6C2)C1. The van der Waals surface area contributed by atoms with E-state index in [1.807, 2.05) is 0 Å². The average molecular weight is 684 g/mol. The molecule has 1 spiro atoms. The van der Waals surface area contributed by atoms with E-state index in [2.05, 4.69) is 83.3 Å². The van der Waals surface area contributed by atoms with Gasteiger partial charge in [0.15, 0.2) is 0 Å². The molecule has 8 aliphatic carbocycles. The van der Waals surface area contributed by atoms with Crippen LogP contribution in [0.15, 0.2) is 83.3 Å². The summed E-state index contributed by atoms with van der Waals surface area (Å²) in [5.41, 5.74) is 13.6. The largest absolute Gasteiger partial charge is 0.456 e. The van der Waals surface area contributed by atoms with Crippen molar-refractivity contribution in [3.05, 3.63) is 101 Å². The molecule has 5 fully saturated rings. The Bertz CT molecular complexity index is 3200. The second-order valence-corrected chi connectivity index (χ2v) is 19.7. The van der Waals surface area contributed by atoms with Crippen molar-refractivity contribution in [3.8, 4) is 0 Å². The van der Waals surface area contributed by atoms with Crippen LogP contribution in [0.3, 0.4) is 0 Å². The maximum Gasteiger partial charge on any atom is 0.136 e. The van der Waals surface area contributed by atoms with Gasteiger partial charge in [0.05, 0.1) is 16.6 Å². The van der Waals surface area contributed by atoms with Gasteiger partial charge in [0, 0.05) is 32.3 Å². The van der Waals surface area contributed by atoms with E-state index >= 15 is 0 Å². The summed E-state index contributed by atoms with van der Waals surface area (Å²) in [7, 11) is 0. The van der Waals surface area contributed by atoms with Crippen molar-refractivity contribution < 1.29 is 4.42 Å². The minimum atomic E-state index is 0.673. The van der Waals surface area contributed by atoms with E-state index in [1.54, 1.807) is 22.3 Å². The van der Waals surface area contributed by atoms with Gasteiger partial charge in [-0.25, -0.2) is 0 Å². The predicted molar refractivity (Wildman–Crippen MR) is 217 cm³/mol. The Labute approximate surface area is 307 Å². The molecule has 8 aliphatic rings. The minimum Gasteiger partial charge on any atom is -0.456 e. The van der Waals surface area contributed by atoms with Crippen molar-refractivity contribution in [1.29, 1.82) is 0 Å². The summed E-state index contributed by atoms with van der Waals surface area (Å²) in [5.74, 6) is 7.02. The van der Waals surface area contributed by atoms with E-state index in [9.17, 15) is 0 Å². The lowest BCUT2D eigenvalue weighted by atomic mass is 9.36. The number of furan rings is 1. The Morgan fingerprint density at radius 1 is 0.509 bits per heavy atom. The molecule has 7 atom stereocenters. The molecular weight excluding hydrogens is 643 g/mol. The molecule has 7 unspecified atom stereocenters. The molecule has 2 nitrogen and oxygen atoms in total. The van der Waals surface area contributed by atoms with Gasteiger partial charge in [-0.1, -0.05) is 42.5 Å². The Morgan fingerprint density at radius 2 is 1.23 bits per heavy atom. The maximum absolute atomic E-state index is 6.74. The number of para-hydroxylation sites is 1. The number of rotatable bonds is 0. The normalized spacial score (nSPS) is 33.4. The maximum atomic E-state index is 6.74. The van der Waals surface area contributed by atoms with Crippen LogP contribution in [0.4, 0.5) is 0 Å². The van der Waals surface area contributed by atoms with Gasteiger partial charge in [0.1, 0.15) is 11.2 Å². The highest BCUT2D eigenvalue weighted by Gasteiger charge is 2.71. The molecule has 0 amide bonds. The van der Waals surface area contributed by atoms with Crippen molar-refractivity contribution in [1.82, 2.24) is 4.40 Å². The summed E-state index contributed by atoms with van der Waals surface area (Å²) < 4.78 is 9.40. The number of hydrogen-bond acceptors (Lipinski definition) is 1. The predicted octanol–water partition coefficient (Wildman–Crippen LogP) is 13.8. The fraction of sp³-hybridized carbons (Fsp3) is 0.373. The van der Waals surface area contributed by atoms with Gasteiger partial charge in [-0.3, -0.25) is 0 Å². The topological polar surface area (TPSA) is 17.6 Å². The lowest BCUT2D eigenvalue weighted by Gasteiger charge is -2.68. The van der Waals surface area contributed by atoms with Crippen molar-refractivity contribution >= 4 is 81.6 Å². The minimum absolute atomic E-state index is 0.673. The van der Waals surface area contributed by atoms with Crippen molar-refractivity contribution in [3.63, 3.8) is 0 Å². The van der Waals surface area contributed by atoms with Gasteiger partial charge >= 0.3 is 0 Å². The molecule has 0 N–H and O–H groups in total. The number of aromatic nitrogens is 1. The molecule has 6 bridgehead atoms. The van der Waals surface area contributed by atoms with Gasteiger partial charge in [-0.15, -0.1) is 0 Å². The first kappa shape index (κ1) is 27.1. The molecule has 0 aliphatic heterocycles. The molecule has 256 valence electrons. The molecule has 53 heavy (non-hydrogen) atoms. The molecule has 3 heterocycles. The third-order valence-electron chi connectivity index (χ3n) is 17.8. The van der Waals surface area contributed by atoms with E-state index in [4.69, 9.17) is 4.42 Å². The van der Waals surface area contributed by atoms with Crippen LogP contribution in [0.25, 0.3) is 81.6 Å². The molecule has 5 saturated carbocycles. The highest BCUT2D eigenvalue weighted by atomic mass is 16.3. The quantitative estimate of drug-likeness (QED) is 0.156. The van der Waals surface area contributed by atoms with Crippen LogP contribution < -0.4 is 0 Å². The summed E-state index contributed by atoms with van der Waals surface area (Å²) in [6.45, 7) is 0. The van der Waals surface area contributed by atoms with E-state index in [1.165, 1.54) is 135 Å². The van der Waals surface area contributed by atoms with Crippen molar-refractivity contribution in [2.75, 3.05) is 0 Å². The van der Waals surface area contributed by atoms with E-state index in [-0.39, 0.29) is 0 Å². The van der Waals surface area contributed by atoms with Crippen LogP contribution in [0.1, 0.15) is 110 Å². The third-order valence-corrected chi connectivity index (χ3v) is 17.8.